The lowest BCUT2D eigenvalue weighted by Gasteiger charge is -2.37. The molecule has 0 spiro atoms. The maximum absolute atomic E-state index is 13.4. The molecule has 0 aromatic heterocycles. The third kappa shape index (κ3) is 6.38. The molecule has 28 heavy (non-hydrogen) atoms. The van der Waals surface area contributed by atoms with Crippen molar-refractivity contribution >= 4 is 23.7 Å². The van der Waals surface area contributed by atoms with Gasteiger partial charge in [0.25, 0.3) is 0 Å². The first-order chi connectivity index (χ1) is 12.9. The summed E-state index contributed by atoms with van der Waals surface area (Å²) in [5.74, 6) is -4.17. The van der Waals surface area contributed by atoms with E-state index in [1.165, 1.54) is 36.0 Å². The number of halogens is 4. The summed E-state index contributed by atoms with van der Waals surface area (Å²) < 4.78 is 50.8. The summed E-state index contributed by atoms with van der Waals surface area (Å²) in [6.45, 7) is 2.24. The lowest BCUT2D eigenvalue weighted by atomic mass is 9.85. The summed E-state index contributed by atoms with van der Waals surface area (Å²) in [4.78, 5) is 18.9. The number of carbonyl (C=O) groups is 2. The van der Waals surface area contributed by atoms with E-state index >= 15 is 0 Å². The van der Waals surface area contributed by atoms with Crippen molar-refractivity contribution in [3.63, 3.8) is 0 Å². The van der Waals surface area contributed by atoms with Crippen LogP contribution in [0, 0.1) is 5.92 Å². The van der Waals surface area contributed by atoms with Crippen LogP contribution in [0.5, 0.6) is 0 Å². The highest BCUT2D eigenvalue weighted by Gasteiger charge is 2.37. The Morgan fingerprint density at radius 2 is 1.71 bits per heavy atom. The molecule has 2 unspecified atom stereocenters. The summed E-state index contributed by atoms with van der Waals surface area (Å²) in [6.07, 6.45) is 0.998. The molecule has 154 valence electrons. The molecule has 0 saturated heterocycles. The van der Waals surface area contributed by atoms with Crippen LogP contribution in [0.4, 0.5) is 17.6 Å². The van der Waals surface area contributed by atoms with Crippen molar-refractivity contribution in [2.45, 2.75) is 29.2 Å². The minimum absolute atomic E-state index is 0.199. The Bertz CT molecular complexity index is 750. The number of benzene rings is 1. The first kappa shape index (κ1) is 23.7. The number of thioether (sulfide) groups is 1. The Kier molecular flexibility index (Phi) is 8.25. The van der Waals surface area contributed by atoms with Gasteiger partial charge in [0.1, 0.15) is 5.83 Å². The average molecular weight is 421 g/mol. The highest BCUT2D eigenvalue weighted by molar-refractivity contribution is 8.00. The van der Waals surface area contributed by atoms with Crippen molar-refractivity contribution in [2.24, 2.45) is 11.7 Å². The first-order valence-electron chi connectivity index (χ1n) is 8.04. The fourth-order valence-electron chi connectivity index (χ4n) is 2.49. The lowest BCUT2D eigenvalue weighted by Crippen LogP contribution is -2.37. The van der Waals surface area contributed by atoms with E-state index in [1.807, 2.05) is 6.92 Å². The third-order valence-electron chi connectivity index (χ3n) is 3.99. The molecule has 10 heteroatoms. The van der Waals surface area contributed by atoms with Crippen LogP contribution < -0.4 is 5.73 Å². The Balaban J connectivity index is 0.000000568. The Hall–Kier alpha value is -2.33. The van der Waals surface area contributed by atoms with Gasteiger partial charge in [0, 0.05) is 22.1 Å². The second-order valence-corrected chi connectivity index (χ2v) is 7.21. The molecular weight excluding hydrogens is 402 g/mol. The van der Waals surface area contributed by atoms with Crippen LogP contribution in [0.1, 0.15) is 18.9 Å². The van der Waals surface area contributed by atoms with Gasteiger partial charge in [-0.05, 0) is 42.8 Å². The van der Waals surface area contributed by atoms with Gasteiger partial charge in [0.15, 0.2) is 0 Å². The van der Waals surface area contributed by atoms with Crippen LogP contribution in [0.2, 0.25) is 0 Å². The number of hydrogen-bond acceptors (Lipinski definition) is 4. The highest BCUT2D eigenvalue weighted by Crippen LogP contribution is 2.46. The van der Waals surface area contributed by atoms with Crippen molar-refractivity contribution in [3.05, 3.63) is 53.9 Å². The molecule has 0 bridgehead atoms. The number of hydrogen-bond donors (Lipinski definition) is 3. The zero-order valence-electron chi connectivity index (χ0n) is 14.7. The molecule has 1 aliphatic rings. The van der Waals surface area contributed by atoms with Crippen LogP contribution in [-0.4, -0.2) is 33.4 Å². The predicted molar refractivity (Wildman–Crippen MR) is 96.5 cm³/mol. The number of aliphatic carboxylic acids is 2. The minimum atomic E-state index is -4.35. The van der Waals surface area contributed by atoms with E-state index in [2.05, 4.69) is 0 Å². The van der Waals surface area contributed by atoms with Gasteiger partial charge in [-0.1, -0.05) is 13.0 Å². The van der Waals surface area contributed by atoms with E-state index in [1.54, 1.807) is 6.08 Å². The fourth-order valence-corrected chi connectivity index (χ4v) is 3.80. The summed E-state index contributed by atoms with van der Waals surface area (Å²) in [6, 6.07) is 5.01. The van der Waals surface area contributed by atoms with Crippen LogP contribution in [0.25, 0.3) is 0 Å². The fraction of sp³-hybridized carbons (Fsp3) is 0.333. The van der Waals surface area contributed by atoms with E-state index in [0.717, 1.165) is 12.1 Å². The predicted octanol–water partition coefficient (Wildman–Crippen LogP) is 4.10. The van der Waals surface area contributed by atoms with Crippen molar-refractivity contribution in [1.82, 2.24) is 0 Å². The Morgan fingerprint density at radius 3 is 2.11 bits per heavy atom. The molecule has 0 saturated carbocycles. The zero-order chi connectivity index (χ0) is 21.5. The van der Waals surface area contributed by atoms with E-state index in [0.29, 0.717) is 11.3 Å². The Morgan fingerprint density at radius 1 is 1.18 bits per heavy atom. The highest BCUT2D eigenvalue weighted by atomic mass is 32.2. The molecule has 5 nitrogen and oxygen atoms in total. The smallest absolute Gasteiger partial charge is 0.416 e. The Labute approximate surface area is 162 Å². The normalized spacial score (nSPS) is 21.4. The van der Waals surface area contributed by atoms with E-state index in [-0.39, 0.29) is 18.3 Å². The maximum atomic E-state index is 13.4. The summed E-state index contributed by atoms with van der Waals surface area (Å²) in [5, 5.41) is 14.8. The molecular formula is C18H19F4NO4S. The SMILES string of the molecule is CCC1(Sc2ccc(C(F)(F)F)cc2)C=CC(F)=CC1CN.O=C(O)C(=O)O. The number of alkyl halides is 3. The third-order valence-corrected chi connectivity index (χ3v) is 5.61. The van der Waals surface area contributed by atoms with E-state index in [4.69, 9.17) is 25.5 Å². The molecule has 0 aliphatic heterocycles. The van der Waals surface area contributed by atoms with Gasteiger partial charge in [-0.2, -0.15) is 13.2 Å². The van der Waals surface area contributed by atoms with Gasteiger partial charge in [0.05, 0.1) is 5.56 Å². The molecule has 1 aromatic carbocycles. The van der Waals surface area contributed by atoms with Crippen molar-refractivity contribution < 1.29 is 37.4 Å². The summed E-state index contributed by atoms with van der Waals surface area (Å²) in [7, 11) is 0. The average Bonchev–Trinajstić information content (AvgIpc) is 2.63. The van der Waals surface area contributed by atoms with E-state index in [9.17, 15) is 17.6 Å². The number of allylic oxidation sites excluding steroid dienone is 2. The number of carboxylic acid groups (broad SMARTS) is 2. The van der Waals surface area contributed by atoms with Gasteiger partial charge in [-0.15, -0.1) is 11.8 Å². The molecule has 1 aliphatic carbocycles. The van der Waals surface area contributed by atoms with Crippen molar-refractivity contribution in [2.75, 3.05) is 6.54 Å². The number of carboxylic acids is 2. The molecule has 0 heterocycles. The van der Waals surface area contributed by atoms with Gasteiger partial charge in [0.2, 0.25) is 0 Å². The monoisotopic (exact) mass is 421 g/mol. The standard InChI is InChI=1S/C16H17F4NS.C2H2O4/c1-2-15(8-7-13(17)9-12(15)10-21)22-14-5-3-11(4-6-14)16(18,19)20;3-1(4)2(5)6/h3-9,12H,2,10,21H2,1H3;(H,3,4)(H,5,6). The van der Waals surface area contributed by atoms with Crippen molar-refractivity contribution in [1.29, 1.82) is 0 Å². The van der Waals surface area contributed by atoms with Gasteiger partial charge in [-0.3, -0.25) is 0 Å². The molecule has 0 fully saturated rings. The van der Waals surface area contributed by atoms with Crippen LogP contribution in [0.3, 0.4) is 0 Å². The molecule has 1 aromatic rings. The number of rotatable bonds is 4. The van der Waals surface area contributed by atoms with Gasteiger partial charge in [-0.25, -0.2) is 14.0 Å². The lowest BCUT2D eigenvalue weighted by molar-refractivity contribution is -0.159. The quantitative estimate of drug-likeness (QED) is 0.500. The van der Waals surface area contributed by atoms with Crippen LogP contribution in [0.15, 0.2) is 53.2 Å². The summed E-state index contributed by atoms with van der Waals surface area (Å²) >= 11 is 1.42. The molecule has 2 rings (SSSR count). The molecule has 0 radical (unpaired) electrons. The number of nitrogens with two attached hydrogens (primary N) is 1. The molecule has 0 amide bonds. The van der Waals surface area contributed by atoms with Gasteiger partial charge >= 0.3 is 18.1 Å². The maximum Gasteiger partial charge on any atom is 0.416 e. The second kappa shape index (κ2) is 9.74. The molecule has 2 atom stereocenters. The largest absolute Gasteiger partial charge is 0.473 e. The van der Waals surface area contributed by atoms with E-state index < -0.39 is 28.4 Å². The zero-order valence-corrected chi connectivity index (χ0v) is 15.6. The minimum Gasteiger partial charge on any atom is -0.473 e. The van der Waals surface area contributed by atoms with Crippen LogP contribution >= 0.6 is 11.8 Å². The van der Waals surface area contributed by atoms with Crippen LogP contribution in [-0.2, 0) is 15.8 Å². The topological polar surface area (TPSA) is 101 Å². The first-order valence-corrected chi connectivity index (χ1v) is 8.86. The van der Waals surface area contributed by atoms with Crippen molar-refractivity contribution in [3.8, 4) is 0 Å². The summed E-state index contributed by atoms with van der Waals surface area (Å²) in [5.41, 5.74) is 5.07. The molecule has 4 N–H and O–H groups in total. The van der Waals surface area contributed by atoms with Gasteiger partial charge < -0.3 is 15.9 Å². The second-order valence-electron chi connectivity index (χ2n) is 5.77.